The van der Waals surface area contributed by atoms with E-state index in [1.165, 1.54) is 0 Å². The quantitative estimate of drug-likeness (QED) is 0.581. The first-order valence-corrected chi connectivity index (χ1v) is 9.19. The van der Waals surface area contributed by atoms with Gasteiger partial charge in [-0.1, -0.05) is 53.6 Å². The van der Waals surface area contributed by atoms with Crippen molar-refractivity contribution in [2.24, 2.45) is 0 Å². The van der Waals surface area contributed by atoms with Crippen LogP contribution in [0.5, 0.6) is 0 Å². The van der Waals surface area contributed by atoms with Crippen molar-refractivity contribution in [2.75, 3.05) is 6.61 Å². The smallest absolute Gasteiger partial charge is 0.113 e. The van der Waals surface area contributed by atoms with Gasteiger partial charge >= 0.3 is 0 Å². The van der Waals surface area contributed by atoms with Gasteiger partial charge in [0.2, 0.25) is 0 Å². The van der Waals surface area contributed by atoms with Crippen LogP contribution in [0.1, 0.15) is 22.8 Å². The van der Waals surface area contributed by atoms with E-state index in [0.717, 1.165) is 11.1 Å². The summed E-state index contributed by atoms with van der Waals surface area (Å²) in [5.41, 5.74) is 2.30. The van der Waals surface area contributed by atoms with Crippen molar-refractivity contribution < 1.29 is 25.2 Å². The number of ether oxygens (including phenoxy) is 1. The molecular formula is C20H20Cl2O5. The van der Waals surface area contributed by atoms with E-state index in [-0.39, 0.29) is 0 Å². The number of hydrogen-bond acceptors (Lipinski definition) is 5. The molecule has 27 heavy (non-hydrogen) atoms. The lowest BCUT2D eigenvalue weighted by Gasteiger charge is -2.40. The first-order valence-electron chi connectivity index (χ1n) is 8.43. The molecule has 1 fully saturated rings. The van der Waals surface area contributed by atoms with Gasteiger partial charge in [-0.25, -0.2) is 0 Å². The van der Waals surface area contributed by atoms with E-state index in [1.807, 2.05) is 18.2 Å². The van der Waals surface area contributed by atoms with Gasteiger partial charge in [-0.15, -0.1) is 0 Å². The number of benzene rings is 2. The fourth-order valence-corrected chi connectivity index (χ4v) is 3.62. The lowest BCUT2D eigenvalue weighted by atomic mass is 9.90. The summed E-state index contributed by atoms with van der Waals surface area (Å²) in [4.78, 5) is 0. The second-order valence-corrected chi connectivity index (χ2v) is 7.33. The van der Waals surface area contributed by atoms with Crippen LogP contribution < -0.4 is 0 Å². The van der Waals surface area contributed by atoms with Crippen molar-refractivity contribution in [2.45, 2.75) is 30.5 Å². The Morgan fingerprint density at radius 2 is 1.52 bits per heavy atom. The molecule has 0 spiro atoms. The first-order chi connectivity index (χ1) is 12.9. The normalized spacial score (nSPS) is 28.6. The van der Waals surface area contributed by atoms with Gasteiger partial charge in [-0.3, -0.25) is 0 Å². The Morgan fingerprint density at radius 1 is 0.852 bits per heavy atom. The molecule has 1 saturated heterocycles. The van der Waals surface area contributed by atoms with Crippen LogP contribution >= 0.6 is 23.2 Å². The minimum Gasteiger partial charge on any atom is -0.394 e. The van der Waals surface area contributed by atoms with Crippen LogP contribution in [0.25, 0.3) is 12.2 Å². The lowest BCUT2D eigenvalue weighted by molar-refractivity contribution is -0.231. The fraction of sp³-hybridized carbons (Fsp3) is 0.300. The molecule has 1 aliphatic heterocycles. The van der Waals surface area contributed by atoms with Crippen LogP contribution in [0.4, 0.5) is 0 Å². The van der Waals surface area contributed by atoms with Gasteiger partial charge in [0.1, 0.15) is 30.5 Å². The lowest BCUT2D eigenvalue weighted by Crippen LogP contribution is -2.55. The summed E-state index contributed by atoms with van der Waals surface area (Å²) < 4.78 is 5.60. The van der Waals surface area contributed by atoms with E-state index in [0.29, 0.717) is 15.6 Å². The van der Waals surface area contributed by atoms with Crippen LogP contribution in [0.15, 0.2) is 42.5 Å². The van der Waals surface area contributed by atoms with Gasteiger partial charge in [0.05, 0.1) is 6.61 Å². The molecule has 5 atom stereocenters. The maximum absolute atomic E-state index is 10.3. The zero-order valence-corrected chi connectivity index (χ0v) is 15.8. The highest BCUT2D eigenvalue weighted by Crippen LogP contribution is 2.33. The Bertz CT molecular complexity index is 804. The topological polar surface area (TPSA) is 90.2 Å². The van der Waals surface area contributed by atoms with Crippen LogP contribution in [0.2, 0.25) is 10.0 Å². The number of aliphatic hydroxyl groups excluding tert-OH is 4. The standard InChI is InChI=1S/C20H20Cl2O5/c21-14-7-12(8-15(22)9-14)5-4-11-2-1-3-13(6-11)20-19(26)18(25)17(24)16(10-23)27-20/h1-9,16-20,23-26H,10H2/b5-4-/t16-,17-,18+,19+,20-/m1/s1. The highest BCUT2D eigenvalue weighted by Gasteiger charge is 2.43. The summed E-state index contributed by atoms with van der Waals surface area (Å²) in [5.74, 6) is 0. The van der Waals surface area contributed by atoms with E-state index in [1.54, 1.807) is 36.4 Å². The molecule has 0 aromatic heterocycles. The predicted molar refractivity (Wildman–Crippen MR) is 105 cm³/mol. The molecular weight excluding hydrogens is 391 g/mol. The summed E-state index contributed by atoms with van der Waals surface area (Å²) in [7, 11) is 0. The molecule has 1 heterocycles. The molecule has 4 N–H and O–H groups in total. The monoisotopic (exact) mass is 410 g/mol. The van der Waals surface area contributed by atoms with Crippen molar-refractivity contribution in [1.82, 2.24) is 0 Å². The molecule has 2 aromatic rings. The summed E-state index contributed by atoms with van der Waals surface area (Å²) in [5, 5.41) is 40.6. The van der Waals surface area contributed by atoms with Gasteiger partial charge in [-0.05, 0) is 41.0 Å². The SMILES string of the molecule is OC[C@H]1O[C@H](c2cccc(/C=C\c3cc(Cl)cc(Cl)c3)c2)[C@@H](O)[C@@H](O)[C@@H]1O. The van der Waals surface area contributed by atoms with Crippen LogP contribution in [0.3, 0.4) is 0 Å². The largest absolute Gasteiger partial charge is 0.394 e. The predicted octanol–water partition coefficient (Wildman–Crippen LogP) is 2.68. The van der Waals surface area contributed by atoms with Crippen molar-refractivity contribution in [3.05, 3.63) is 69.2 Å². The molecule has 0 bridgehead atoms. The van der Waals surface area contributed by atoms with Crippen LogP contribution in [-0.2, 0) is 4.74 Å². The Balaban J connectivity index is 1.83. The van der Waals surface area contributed by atoms with Gasteiger partial charge in [0.25, 0.3) is 0 Å². The molecule has 0 saturated carbocycles. The van der Waals surface area contributed by atoms with E-state index in [2.05, 4.69) is 0 Å². The number of halogens is 2. The molecule has 5 nitrogen and oxygen atoms in total. The molecule has 0 amide bonds. The maximum atomic E-state index is 10.3. The minimum absolute atomic E-state index is 0.462. The van der Waals surface area contributed by atoms with Crippen molar-refractivity contribution in [3.8, 4) is 0 Å². The zero-order valence-electron chi connectivity index (χ0n) is 14.2. The third-order valence-corrected chi connectivity index (χ3v) is 4.92. The third-order valence-electron chi connectivity index (χ3n) is 4.48. The van der Waals surface area contributed by atoms with Crippen LogP contribution in [0, 0.1) is 0 Å². The van der Waals surface area contributed by atoms with Crippen molar-refractivity contribution in [1.29, 1.82) is 0 Å². The molecule has 0 aliphatic carbocycles. The van der Waals surface area contributed by atoms with E-state index in [9.17, 15) is 20.4 Å². The van der Waals surface area contributed by atoms with Gasteiger partial charge < -0.3 is 25.2 Å². The molecule has 2 aromatic carbocycles. The first kappa shape index (κ1) is 20.3. The molecule has 3 rings (SSSR count). The molecule has 0 radical (unpaired) electrons. The summed E-state index contributed by atoms with van der Waals surface area (Å²) in [6.07, 6.45) is -2.20. The van der Waals surface area contributed by atoms with Gasteiger partial charge in [0.15, 0.2) is 0 Å². The second kappa shape index (κ2) is 8.71. The summed E-state index contributed by atoms with van der Waals surface area (Å²) in [6, 6.07) is 12.4. The van der Waals surface area contributed by atoms with E-state index >= 15 is 0 Å². The highest BCUT2D eigenvalue weighted by atomic mass is 35.5. The Hall–Kier alpha value is -1.44. The third kappa shape index (κ3) is 4.70. The number of rotatable bonds is 4. The average Bonchev–Trinajstić information content (AvgIpc) is 2.64. The molecule has 1 aliphatic rings. The van der Waals surface area contributed by atoms with Crippen LogP contribution in [-0.4, -0.2) is 51.4 Å². The average molecular weight is 411 g/mol. The summed E-state index contributed by atoms with van der Waals surface area (Å²) in [6.45, 7) is -0.462. The Labute approximate surface area is 167 Å². The molecule has 7 heteroatoms. The fourth-order valence-electron chi connectivity index (χ4n) is 3.08. The van der Waals surface area contributed by atoms with E-state index < -0.39 is 37.1 Å². The Morgan fingerprint density at radius 3 is 2.19 bits per heavy atom. The summed E-state index contributed by atoms with van der Waals surface area (Å²) >= 11 is 12.0. The maximum Gasteiger partial charge on any atom is 0.113 e. The minimum atomic E-state index is -1.41. The molecule has 144 valence electrons. The van der Waals surface area contributed by atoms with E-state index in [4.69, 9.17) is 27.9 Å². The highest BCUT2D eigenvalue weighted by molar-refractivity contribution is 6.34. The van der Waals surface area contributed by atoms with Gasteiger partial charge in [-0.2, -0.15) is 0 Å². The van der Waals surface area contributed by atoms with Crippen molar-refractivity contribution >= 4 is 35.4 Å². The van der Waals surface area contributed by atoms with Gasteiger partial charge in [0, 0.05) is 10.0 Å². The van der Waals surface area contributed by atoms with Crippen molar-refractivity contribution in [3.63, 3.8) is 0 Å². The zero-order chi connectivity index (χ0) is 19.6. The Kier molecular flexibility index (Phi) is 6.55. The number of hydrogen-bond donors (Lipinski definition) is 4. The second-order valence-electron chi connectivity index (χ2n) is 6.46. The number of aliphatic hydroxyl groups is 4. The molecule has 0 unspecified atom stereocenters.